The molecule has 0 fully saturated rings. The van der Waals surface area contributed by atoms with Gasteiger partial charge < -0.3 is 0 Å². The minimum Gasteiger partial charge on any atom is -0.299 e. The van der Waals surface area contributed by atoms with Crippen molar-refractivity contribution in [1.82, 2.24) is 9.36 Å². The maximum atomic E-state index is 11.9. The molecule has 2 aromatic rings. The zero-order valence-electron chi connectivity index (χ0n) is 10.4. The minimum absolute atomic E-state index is 0.169. The Morgan fingerprint density at radius 3 is 2.84 bits per heavy atom. The van der Waals surface area contributed by atoms with Gasteiger partial charge in [-0.3, -0.25) is 4.79 Å². The summed E-state index contributed by atoms with van der Waals surface area (Å²) in [6.45, 7) is 3.65. The van der Waals surface area contributed by atoms with Gasteiger partial charge in [0.1, 0.15) is 10.8 Å². The number of aromatic nitrogens is 2. The van der Waals surface area contributed by atoms with Crippen LogP contribution in [0, 0.1) is 0 Å². The fraction of sp³-hybridized carbons (Fsp3) is 0.214. The molecule has 0 saturated heterocycles. The number of rotatable bonds is 7. The second-order valence-corrected chi connectivity index (χ2v) is 5.77. The van der Waals surface area contributed by atoms with E-state index in [1.807, 2.05) is 36.4 Å². The van der Waals surface area contributed by atoms with Crippen molar-refractivity contribution in [1.29, 1.82) is 0 Å². The summed E-state index contributed by atoms with van der Waals surface area (Å²) in [6, 6.07) is 9.75. The van der Waals surface area contributed by atoms with Crippen LogP contribution in [0.5, 0.6) is 0 Å². The SMILES string of the molecule is C=CCSc1nsc(CC(=O)Cc2ccccc2)n1. The van der Waals surface area contributed by atoms with E-state index in [0.29, 0.717) is 12.8 Å². The van der Waals surface area contributed by atoms with E-state index in [2.05, 4.69) is 15.9 Å². The van der Waals surface area contributed by atoms with E-state index >= 15 is 0 Å². The molecule has 0 aliphatic rings. The van der Waals surface area contributed by atoms with Gasteiger partial charge in [0, 0.05) is 12.2 Å². The Bertz CT molecular complexity index is 552. The zero-order valence-corrected chi connectivity index (χ0v) is 12.0. The van der Waals surface area contributed by atoms with E-state index in [9.17, 15) is 4.79 Å². The highest BCUT2D eigenvalue weighted by Gasteiger charge is 2.10. The van der Waals surface area contributed by atoms with Gasteiger partial charge in [0.05, 0.1) is 6.42 Å². The van der Waals surface area contributed by atoms with Gasteiger partial charge in [0.15, 0.2) is 0 Å². The molecule has 1 aromatic carbocycles. The lowest BCUT2D eigenvalue weighted by atomic mass is 10.1. The van der Waals surface area contributed by atoms with E-state index in [4.69, 9.17) is 0 Å². The second-order valence-electron chi connectivity index (χ2n) is 3.95. The number of benzene rings is 1. The number of nitrogens with zero attached hydrogens (tertiary/aromatic N) is 2. The average molecular weight is 290 g/mol. The number of ketones is 1. The van der Waals surface area contributed by atoms with Gasteiger partial charge in [-0.1, -0.05) is 48.2 Å². The highest BCUT2D eigenvalue weighted by Crippen LogP contribution is 2.17. The molecule has 0 spiro atoms. The summed E-state index contributed by atoms with van der Waals surface area (Å²) in [5.74, 6) is 0.955. The molecule has 0 amide bonds. The first kappa shape index (κ1) is 14.0. The van der Waals surface area contributed by atoms with Crippen LogP contribution in [0.2, 0.25) is 0 Å². The molecule has 2 rings (SSSR count). The molecule has 0 unspecified atom stereocenters. The van der Waals surface area contributed by atoms with Gasteiger partial charge in [0.25, 0.3) is 0 Å². The van der Waals surface area contributed by atoms with Crippen LogP contribution in [0.25, 0.3) is 0 Å². The number of carbonyl (C=O) groups excluding carboxylic acids is 1. The second kappa shape index (κ2) is 7.21. The highest BCUT2D eigenvalue weighted by molar-refractivity contribution is 7.99. The van der Waals surface area contributed by atoms with Crippen molar-refractivity contribution in [3.8, 4) is 0 Å². The van der Waals surface area contributed by atoms with Gasteiger partial charge in [0.2, 0.25) is 5.16 Å². The molecule has 0 radical (unpaired) electrons. The van der Waals surface area contributed by atoms with Crippen LogP contribution in [0.3, 0.4) is 0 Å². The van der Waals surface area contributed by atoms with E-state index in [1.165, 1.54) is 23.3 Å². The molecule has 0 aliphatic carbocycles. The molecule has 0 saturated carbocycles. The maximum absolute atomic E-state index is 11.9. The van der Waals surface area contributed by atoms with E-state index < -0.39 is 0 Å². The van der Waals surface area contributed by atoms with Crippen molar-refractivity contribution in [3.63, 3.8) is 0 Å². The summed E-state index contributed by atoms with van der Waals surface area (Å²) in [6.07, 6.45) is 2.63. The quantitative estimate of drug-likeness (QED) is 0.580. The Balaban J connectivity index is 1.88. The number of carbonyl (C=O) groups is 1. The number of Topliss-reactive ketones (excluding diaryl/α,β-unsaturated/α-hetero) is 1. The Labute approximate surface area is 120 Å². The van der Waals surface area contributed by atoms with Crippen molar-refractivity contribution < 1.29 is 4.79 Å². The van der Waals surface area contributed by atoms with Crippen LogP contribution in [0.4, 0.5) is 0 Å². The third-order valence-electron chi connectivity index (χ3n) is 2.37. The Morgan fingerprint density at radius 2 is 2.11 bits per heavy atom. The molecule has 1 aromatic heterocycles. The Kier molecular flexibility index (Phi) is 5.30. The van der Waals surface area contributed by atoms with Crippen LogP contribution in [0.1, 0.15) is 10.6 Å². The van der Waals surface area contributed by atoms with Crippen LogP contribution in [-0.4, -0.2) is 20.9 Å². The van der Waals surface area contributed by atoms with Crippen LogP contribution in [0.15, 0.2) is 48.1 Å². The van der Waals surface area contributed by atoms with Gasteiger partial charge in [-0.05, 0) is 17.1 Å². The van der Waals surface area contributed by atoms with Crippen LogP contribution < -0.4 is 0 Å². The topological polar surface area (TPSA) is 42.9 Å². The summed E-state index contributed by atoms with van der Waals surface area (Å²) >= 11 is 2.83. The molecular weight excluding hydrogens is 276 g/mol. The number of thioether (sulfide) groups is 1. The first-order valence-corrected chi connectivity index (χ1v) is 7.65. The fourth-order valence-electron chi connectivity index (χ4n) is 1.56. The van der Waals surface area contributed by atoms with Gasteiger partial charge in [-0.15, -0.1) is 6.58 Å². The normalized spacial score (nSPS) is 10.3. The average Bonchev–Trinajstić information content (AvgIpc) is 2.85. The predicted molar refractivity (Wildman–Crippen MR) is 79.7 cm³/mol. The lowest BCUT2D eigenvalue weighted by Gasteiger charge is -1.98. The first-order valence-electron chi connectivity index (χ1n) is 5.90. The molecule has 1 heterocycles. The van der Waals surface area contributed by atoms with Crippen molar-refractivity contribution in [3.05, 3.63) is 53.6 Å². The smallest absolute Gasteiger partial charge is 0.200 e. The summed E-state index contributed by atoms with van der Waals surface area (Å²) in [5, 5.41) is 1.51. The minimum atomic E-state index is 0.169. The lowest BCUT2D eigenvalue weighted by Crippen LogP contribution is -2.06. The van der Waals surface area contributed by atoms with Gasteiger partial charge in [-0.25, -0.2) is 4.98 Å². The van der Waals surface area contributed by atoms with Gasteiger partial charge in [-0.2, -0.15) is 4.37 Å². The molecule has 98 valence electrons. The first-order chi connectivity index (χ1) is 9.28. The van der Waals surface area contributed by atoms with E-state index in [-0.39, 0.29) is 5.78 Å². The molecule has 19 heavy (non-hydrogen) atoms. The Morgan fingerprint density at radius 1 is 1.32 bits per heavy atom. The number of hydrogen-bond donors (Lipinski definition) is 0. The van der Waals surface area contributed by atoms with E-state index in [0.717, 1.165) is 21.5 Å². The molecule has 0 bridgehead atoms. The van der Waals surface area contributed by atoms with Crippen molar-refractivity contribution in [2.24, 2.45) is 0 Å². The Hall–Kier alpha value is -1.46. The van der Waals surface area contributed by atoms with Crippen molar-refractivity contribution >= 4 is 29.1 Å². The molecule has 5 heteroatoms. The third kappa shape index (κ3) is 4.61. The summed E-state index contributed by atoms with van der Waals surface area (Å²) in [7, 11) is 0. The number of hydrogen-bond acceptors (Lipinski definition) is 5. The summed E-state index contributed by atoms with van der Waals surface area (Å²) < 4.78 is 4.21. The molecule has 0 atom stereocenters. The van der Waals surface area contributed by atoms with Crippen LogP contribution in [-0.2, 0) is 17.6 Å². The largest absolute Gasteiger partial charge is 0.299 e. The lowest BCUT2D eigenvalue weighted by molar-refractivity contribution is -0.117. The maximum Gasteiger partial charge on any atom is 0.200 e. The molecule has 0 N–H and O–H groups in total. The highest BCUT2D eigenvalue weighted by atomic mass is 32.2. The van der Waals surface area contributed by atoms with E-state index in [1.54, 1.807) is 0 Å². The fourth-order valence-corrected chi connectivity index (χ4v) is 2.96. The zero-order chi connectivity index (χ0) is 13.5. The standard InChI is InChI=1S/C14H14N2OS2/c1-2-8-18-14-15-13(19-16-14)10-12(17)9-11-6-4-3-5-7-11/h2-7H,1,8-10H2. The van der Waals surface area contributed by atoms with Crippen molar-refractivity contribution in [2.45, 2.75) is 18.0 Å². The third-order valence-corrected chi connectivity index (χ3v) is 4.04. The monoisotopic (exact) mass is 290 g/mol. The molecular formula is C14H14N2OS2. The molecule has 3 nitrogen and oxygen atoms in total. The molecule has 0 aliphatic heterocycles. The predicted octanol–water partition coefficient (Wildman–Crippen LogP) is 3.17. The van der Waals surface area contributed by atoms with Gasteiger partial charge >= 0.3 is 0 Å². The van der Waals surface area contributed by atoms with Crippen molar-refractivity contribution in [2.75, 3.05) is 5.75 Å². The summed E-state index contributed by atoms with van der Waals surface area (Å²) in [5.41, 5.74) is 1.04. The van der Waals surface area contributed by atoms with Crippen LogP contribution >= 0.6 is 23.3 Å². The summed E-state index contributed by atoms with van der Waals surface area (Å²) in [4.78, 5) is 16.3.